The Morgan fingerprint density at radius 3 is 2.17 bits per heavy atom. The molecule has 0 bridgehead atoms. The first-order valence-corrected chi connectivity index (χ1v) is 10.2. The summed E-state index contributed by atoms with van der Waals surface area (Å²) in [6, 6.07) is 6.87. The number of benzene rings is 1. The molecular formula is C17H28N2O4S. The van der Waals surface area contributed by atoms with E-state index in [2.05, 4.69) is 0 Å². The minimum Gasteiger partial charge on any atom is -0.492 e. The van der Waals surface area contributed by atoms with Crippen molar-refractivity contribution in [2.75, 3.05) is 36.8 Å². The smallest absolute Gasteiger partial charge is 0.243 e. The maximum Gasteiger partial charge on any atom is 0.243 e. The van der Waals surface area contributed by atoms with Crippen LogP contribution in [0.2, 0.25) is 0 Å². The summed E-state index contributed by atoms with van der Waals surface area (Å²) in [5.41, 5.74) is 0.392. The largest absolute Gasteiger partial charge is 0.492 e. The van der Waals surface area contributed by atoms with Crippen LogP contribution in [0.15, 0.2) is 24.3 Å². The van der Waals surface area contributed by atoms with Gasteiger partial charge in [0.05, 0.1) is 18.6 Å². The number of sulfonamides is 1. The van der Waals surface area contributed by atoms with Crippen LogP contribution >= 0.6 is 0 Å². The number of para-hydroxylation sites is 2. The van der Waals surface area contributed by atoms with E-state index in [-0.39, 0.29) is 12.5 Å². The SMILES string of the molecule is CCCN(CCC)C(=O)CN(c1ccccc1OCC)S(C)(=O)=O. The van der Waals surface area contributed by atoms with Crippen LogP contribution in [0.1, 0.15) is 33.6 Å². The monoisotopic (exact) mass is 356 g/mol. The molecule has 0 radical (unpaired) electrons. The summed E-state index contributed by atoms with van der Waals surface area (Å²) in [5, 5.41) is 0. The topological polar surface area (TPSA) is 66.9 Å². The van der Waals surface area contributed by atoms with Crippen molar-refractivity contribution in [2.24, 2.45) is 0 Å². The fourth-order valence-corrected chi connectivity index (χ4v) is 3.30. The summed E-state index contributed by atoms with van der Waals surface area (Å²) in [6.45, 7) is 7.26. The Hall–Kier alpha value is -1.76. The van der Waals surface area contributed by atoms with Gasteiger partial charge in [-0.15, -0.1) is 0 Å². The predicted octanol–water partition coefficient (Wildman–Crippen LogP) is 2.50. The van der Waals surface area contributed by atoms with Gasteiger partial charge in [-0.25, -0.2) is 8.42 Å². The second kappa shape index (κ2) is 9.52. The molecule has 1 aromatic rings. The summed E-state index contributed by atoms with van der Waals surface area (Å²) >= 11 is 0. The standard InChI is InChI=1S/C17H28N2O4S/c1-5-12-18(13-6-2)17(20)14-19(24(4,21)22)15-10-8-9-11-16(15)23-7-3/h8-11H,5-7,12-14H2,1-4H3. The van der Waals surface area contributed by atoms with Gasteiger partial charge in [0.15, 0.2) is 0 Å². The van der Waals surface area contributed by atoms with Gasteiger partial charge in [0.1, 0.15) is 12.3 Å². The minimum atomic E-state index is -3.61. The van der Waals surface area contributed by atoms with E-state index in [9.17, 15) is 13.2 Å². The number of ether oxygens (including phenoxy) is 1. The van der Waals surface area contributed by atoms with Gasteiger partial charge in [-0.2, -0.15) is 0 Å². The molecule has 0 heterocycles. The number of amides is 1. The second-order valence-electron chi connectivity index (χ2n) is 5.55. The number of rotatable bonds is 10. The zero-order valence-electron chi connectivity index (χ0n) is 15.0. The van der Waals surface area contributed by atoms with Crippen LogP contribution < -0.4 is 9.04 Å². The fraction of sp³-hybridized carbons (Fsp3) is 0.588. The van der Waals surface area contributed by atoms with Gasteiger partial charge in [0.25, 0.3) is 0 Å². The third-order valence-electron chi connectivity index (χ3n) is 3.45. The van der Waals surface area contributed by atoms with E-state index in [1.54, 1.807) is 29.2 Å². The van der Waals surface area contributed by atoms with Gasteiger partial charge in [0.2, 0.25) is 15.9 Å². The Morgan fingerprint density at radius 2 is 1.67 bits per heavy atom. The van der Waals surface area contributed by atoms with Crippen molar-refractivity contribution in [3.05, 3.63) is 24.3 Å². The number of anilines is 1. The Kier molecular flexibility index (Phi) is 8.04. The third kappa shape index (κ3) is 5.70. The van der Waals surface area contributed by atoms with E-state index in [4.69, 9.17) is 4.74 Å². The first kappa shape index (κ1) is 20.3. The van der Waals surface area contributed by atoms with E-state index in [1.165, 1.54) is 0 Å². The van der Waals surface area contributed by atoms with Crippen LogP contribution in [0.4, 0.5) is 5.69 Å². The maximum absolute atomic E-state index is 12.6. The van der Waals surface area contributed by atoms with E-state index in [1.807, 2.05) is 20.8 Å². The molecule has 24 heavy (non-hydrogen) atoms. The zero-order valence-corrected chi connectivity index (χ0v) is 15.8. The molecule has 0 aromatic heterocycles. The summed E-state index contributed by atoms with van der Waals surface area (Å²) in [6.07, 6.45) is 2.77. The molecule has 6 nitrogen and oxygen atoms in total. The number of hydrogen-bond acceptors (Lipinski definition) is 4. The molecular weight excluding hydrogens is 328 g/mol. The lowest BCUT2D eigenvalue weighted by Gasteiger charge is -2.28. The number of nitrogens with zero attached hydrogens (tertiary/aromatic N) is 2. The molecule has 1 aromatic carbocycles. The van der Waals surface area contributed by atoms with Gasteiger partial charge in [0, 0.05) is 13.1 Å². The van der Waals surface area contributed by atoms with Crippen molar-refractivity contribution >= 4 is 21.6 Å². The molecule has 0 fully saturated rings. The van der Waals surface area contributed by atoms with Crippen molar-refractivity contribution in [2.45, 2.75) is 33.6 Å². The molecule has 136 valence electrons. The summed E-state index contributed by atoms with van der Waals surface area (Å²) < 4.78 is 31.2. The van der Waals surface area contributed by atoms with Crippen molar-refractivity contribution in [1.29, 1.82) is 0 Å². The maximum atomic E-state index is 12.6. The summed E-state index contributed by atoms with van der Waals surface area (Å²) in [7, 11) is -3.61. The van der Waals surface area contributed by atoms with Crippen LogP contribution in [0.25, 0.3) is 0 Å². The minimum absolute atomic E-state index is 0.199. The van der Waals surface area contributed by atoms with Crippen LogP contribution in [0, 0.1) is 0 Å². The first-order chi connectivity index (χ1) is 11.3. The van der Waals surface area contributed by atoms with Crippen LogP contribution in [-0.4, -0.2) is 51.7 Å². The van der Waals surface area contributed by atoms with E-state index >= 15 is 0 Å². The highest BCUT2D eigenvalue weighted by atomic mass is 32.2. The third-order valence-corrected chi connectivity index (χ3v) is 4.58. The molecule has 0 aliphatic rings. The normalized spacial score (nSPS) is 11.2. The average molecular weight is 356 g/mol. The van der Waals surface area contributed by atoms with Crippen molar-refractivity contribution in [1.82, 2.24) is 4.90 Å². The molecule has 0 atom stereocenters. The van der Waals surface area contributed by atoms with Crippen molar-refractivity contribution < 1.29 is 17.9 Å². The molecule has 0 N–H and O–H groups in total. The predicted molar refractivity (Wildman–Crippen MR) is 97.0 cm³/mol. The van der Waals surface area contributed by atoms with Gasteiger partial charge in [-0.05, 0) is 31.9 Å². The molecule has 0 unspecified atom stereocenters. The van der Waals surface area contributed by atoms with Gasteiger partial charge >= 0.3 is 0 Å². The van der Waals surface area contributed by atoms with Crippen LogP contribution in [0.3, 0.4) is 0 Å². The average Bonchev–Trinajstić information content (AvgIpc) is 2.52. The Balaban J connectivity index is 3.14. The van der Waals surface area contributed by atoms with Crippen LogP contribution in [0.5, 0.6) is 5.75 Å². The number of carbonyl (C=O) groups excluding carboxylic acids is 1. The van der Waals surface area contributed by atoms with E-state index in [0.29, 0.717) is 31.1 Å². The van der Waals surface area contributed by atoms with Crippen LogP contribution in [-0.2, 0) is 14.8 Å². The quantitative estimate of drug-likeness (QED) is 0.646. The van der Waals surface area contributed by atoms with Gasteiger partial charge in [-0.3, -0.25) is 9.10 Å². The molecule has 0 aliphatic carbocycles. The van der Waals surface area contributed by atoms with Crippen molar-refractivity contribution in [3.8, 4) is 5.75 Å². The lowest BCUT2D eigenvalue weighted by atomic mass is 10.3. The fourth-order valence-electron chi connectivity index (χ4n) is 2.45. The lowest BCUT2D eigenvalue weighted by Crippen LogP contribution is -2.43. The highest BCUT2D eigenvalue weighted by molar-refractivity contribution is 7.92. The molecule has 1 rings (SSSR count). The summed E-state index contributed by atoms with van der Waals surface area (Å²) in [5.74, 6) is 0.256. The Morgan fingerprint density at radius 1 is 1.08 bits per heavy atom. The van der Waals surface area contributed by atoms with Gasteiger partial charge < -0.3 is 9.64 Å². The second-order valence-corrected chi connectivity index (χ2v) is 7.46. The first-order valence-electron chi connectivity index (χ1n) is 8.32. The van der Waals surface area contributed by atoms with E-state index < -0.39 is 10.0 Å². The molecule has 7 heteroatoms. The zero-order chi connectivity index (χ0) is 18.2. The molecule has 0 saturated carbocycles. The number of hydrogen-bond donors (Lipinski definition) is 0. The van der Waals surface area contributed by atoms with Crippen molar-refractivity contribution in [3.63, 3.8) is 0 Å². The molecule has 0 aliphatic heterocycles. The number of carbonyl (C=O) groups is 1. The Labute approximate surface area is 145 Å². The van der Waals surface area contributed by atoms with Gasteiger partial charge in [-0.1, -0.05) is 26.0 Å². The Bertz CT molecular complexity index is 625. The lowest BCUT2D eigenvalue weighted by molar-refractivity contribution is -0.129. The molecule has 1 amide bonds. The molecule has 0 spiro atoms. The summed E-state index contributed by atoms with van der Waals surface area (Å²) in [4.78, 5) is 14.3. The highest BCUT2D eigenvalue weighted by Gasteiger charge is 2.25. The molecule has 0 saturated heterocycles. The van der Waals surface area contributed by atoms with E-state index in [0.717, 1.165) is 23.4 Å². The highest BCUT2D eigenvalue weighted by Crippen LogP contribution is 2.29.